The van der Waals surface area contributed by atoms with Crippen molar-refractivity contribution < 1.29 is 0 Å². The maximum atomic E-state index is 6.26. The summed E-state index contributed by atoms with van der Waals surface area (Å²) in [6.45, 7) is 9.05. The van der Waals surface area contributed by atoms with E-state index in [1.165, 1.54) is 18.4 Å². The first-order chi connectivity index (χ1) is 9.49. The van der Waals surface area contributed by atoms with Crippen LogP contribution in [-0.4, -0.2) is 24.0 Å². The minimum absolute atomic E-state index is 0.115. The highest BCUT2D eigenvalue weighted by Gasteiger charge is 2.29. The average molecular weight is 295 g/mol. The van der Waals surface area contributed by atoms with E-state index >= 15 is 0 Å². The highest BCUT2D eigenvalue weighted by Crippen LogP contribution is 2.32. The van der Waals surface area contributed by atoms with Crippen molar-refractivity contribution in [1.82, 2.24) is 4.90 Å². The lowest BCUT2D eigenvalue weighted by atomic mass is 9.85. The fraction of sp³-hybridized carbons (Fsp3) is 0.647. The molecule has 0 aromatic heterocycles. The van der Waals surface area contributed by atoms with Gasteiger partial charge in [-0.2, -0.15) is 0 Å². The largest absolute Gasteiger partial charge is 0.326 e. The third-order valence-corrected chi connectivity index (χ3v) is 4.83. The van der Waals surface area contributed by atoms with Gasteiger partial charge >= 0.3 is 0 Å². The quantitative estimate of drug-likeness (QED) is 0.906. The van der Waals surface area contributed by atoms with Crippen LogP contribution >= 0.6 is 11.6 Å². The number of rotatable bonds is 4. The lowest BCUT2D eigenvalue weighted by molar-refractivity contribution is 0.103. The zero-order chi connectivity index (χ0) is 14.7. The third kappa shape index (κ3) is 3.75. The summed E-state index contributed by atoms with van der Waals surface area (Å²) in [5, 5.41) is 0.796. The van der Waals surface area contributed by atoms with Crippen LogP contribution in [0.5, 0.6) is 0 Å². The summed E-state index contributed by atoms with van der Waals surface area (Å²) in [4.78, 5) is 2.54. The Morgan fingerprint density at radius 3 is 2.35 bits per heavy atom. The van der Waals surface area contributed by atoms with Crippen LogP contribution < -0.4 is 5.73 Å². The van der Waals surface area contributed by atoms with Gasteiger partial charge < -0.3 is 5.73 Å². The standard InChI is InChI=1S/C17H27ClN2/c1-12(2)14-7-9-20(10-8-14)17(13(3)19)15-5-4-6-16(18)11-15/h4-6,11-14,17H,7-10,19H2,1-3H3. The minimum Gasteiger partial charge on any atom is -0.326 e. The van der Waals surface area contributed by atoms with E-state index in [9.17, 15) is 0 Å². The average Bonchev–Trinajstić information content (AvgIpc) is 2.39. The summed E-state index contributed by atoms with van der Waals surface area (Å²) >= 11 is 6.14. The molecule has 1 aromatic carbocycles. The monoisotopic (exact) mass is 294 g/mol. The molecule has 2 rings (SSSR count). The second-order valence-corrected chi connectivity index (χ2v) is 6.91. The lowest BCUT2D eigenvalue weighted by Gasteiger charge is -2.40. The zero-order valence-corrected chi connectivity index (χ0v) is 13.6. The molecule has 1 aliphatic heterocycles. The molecule has 20 heavy (non-hydrogen) atoms. The van der Waals surface area contributed by atoms with Crippen molar-refractivity contribution >= 4 is 11.6 Å². The maximum absolute atomic E-state index is 6.26. The van der Waals surface area contributed by atoms with Crippen molar-refractivity contribution in [3.63, 3.8) is 0 Å². The Morgan fingerprint density at radius 1 is 1.20 bits per heavy atom. The summed E-state index contributed by atoms with van der Waals surface area (Å²) in [7, 11) is 0. The summed E-state index contributed by atoms with van der Waals surface area (Å²) in [5.41, 5.74) is 7.51. The van der Waals surface area contributed by atoms with Crippen LogP contribution in [0, 0.1) is 11.8 Å². The molecule has 1 heterocycles. The SMILES string of the molecule is CC(C)C1CCN(C(c2cccc(Cl)c2)C(C)N)CC1. The van der Waals surface area contributed by atoms with Crippen LogP contribution in [0.1, 0.15) is 45.2 Å². The van der Waals surface area contributed by atoms with Crippen LogP contribution in [0.25, 0.3) is 0 Å². The lowest BCUT2D eigenvalue weighted by Crippen LogP contribution is -2.44. The van der Waals surface area contributed by atoms with Crippen molar-refractivity contribution in [2.24, 2.45) is 17.6 Å². The van der Waals surface area contributed by atoms with Crippen LogP contribution in [0.3, 0.4) is 0 Å². The molecule has 2 N–H and O–H groups in total. The molecule has 3 heteroatoms. The molecule has 2 nitrogen and oxygen atoms in total. The van der Waals surface area contributed by atoms with Crippen molar-refractivity contribution in [3.05, 3.63) is 34.9 Å². The van der Waals surface area contributed by atoms with Gasteiger partial charge in [0.2, 0.25) is 0 Å². The van der Waals surface area contributed by atoms with Gasteiger partial charge in [-0.15, -0.1) is 0 Å². The van der Waals surface area contributed by atoms with Gasteiger partial charge in [-0.05, 0) is 62.4 Å². The van der Waals surface area contributed by atoms with E-state index in [1.54, 1.807) is 0 Å². The van der Waals surface area contributed by atoms with Gasteiger partial charge in [0.1, 0.15) is 0 Å². The van der Waals surface area contributed by atoms with Gasteiger partial charge in [-0.3, -0.25) is 4.90 Å². The van der Waals surface area contributed by atoms with E-state index in [4.69, 9.17) is 17.3 Å². The highest BCUT2D eigenvalue weighted by atomic mass is 35.5. The van der Waals surface area contributed by atoms with Gasteiger partial charge in [0.05, 0.1) is 0 Å². The number of hydrogen-bond acceptors (Lipinski definition) is 2. The number of likely N-dealkylation sites (tertiary alicyclic amines) is 1. The van der Waals surface area contributed by atoms with Gasteiger partial charge in [0, 0.05) is 17.1 Å². The normalized spacial score (nSPS) is 21.1. The first-order valence-electron chi connectivity index (χ1n) is 7.74. The van der Waals surface area contributed by atoms with Gasteiger partial charge in [-0.1, -0.05) is 37.6 Å². The molecule has 2 atom stereocenters. The van der Waals surface area contributed by atoms with E-state index in [1.807, 2.05) is 12.1 Å². The molecule has 1 fully saturated rings. The van der Waals surface area contributed by atoms with E-state index in [-0.39, 0.29) is 12.1 Å². The number of halogens is 1. The molecule has 2 unspecified atom stereocenters. The molecule has 112 valence electrons. The molecule has 0 spiro atoms. The van der Waals surface area contributed by atoms with Crippen molar-refractivity contribution in [1.29, 1.82) is 0 Å². The maximum Gasteiger partial charge on any atom is 0.0496 e. The number of hydrogen-bond donors (Lipinski definition) is 1. The van der Waals surface area contributed by atoms with E-state index in [0.29, 0.717) is 0 Å². The molecule has 1 aromatic rings. The van der Waals surface area contributed by atoms with Crippen LogP contribution in [0.2, 0.25) is 5.02 Å². The second kappa shape index (κ2) is 6.93. The number of nitrogens with zero attached hydrogens (tertiary/aromatic N) is 1. The Morgan fingerprint density at radius 2 is 1.85 bits per heavy atom. The molecule has 0 amide bonds. The first-order valence-corrected chi connectivity index (χ1v) is 8.12. The van der Waals surface area contributed by atoms with Gasteiger partial charge in [-0.25, -0.2) is 0 Å². The van der Waals surface area contributed by atoms with Crippen LogP contribution in [0.4, 0.5) is 0 Å². The predicted octanol–water partition coefficient (Wildman–Crippen LogP) is 4.10. The number of benzene rings is 1. The fourth-order valence-electron chi connectivity index (χ4n) is 3.40. The second-order valence-electron chi connectivity index (χ2n) is 6.48. The van der Waals surface area contributed by atoms with Crippen molar-refractivity contribution in [3.8, 4) is 0 Å². The van der Waals surface area contributed by atoms with Crippen molar-refractivity contribution in [2.75, 3.05) is 13.1 Å². The van der Waals surface area contributed by atoms with Gasteiger partial charge in [0.15, 0.2) is 0 Å². The van der Waals surface area contributed by atoms with Crippen LogP contribution in [-0.2, 0) is 0 Å². The Balaban J connectivity index is 2.11. The summed E-state index contributed by atoms with van der Waals surface area (Å²) in [6.07, 6.45) is 2.56. The molecule has 0 saturated carbocycles. The zero-order valence-electron chi connectivity index (χ0n) is 12.8. The third-order valence-electron chi connectivity index (χ3n) is 4.60. The first kappa shape index (κ1) is 15.8. The molecule has 0 bridgehead atoms. The van der Waals surface area contributed by atoms with E-state index in [2.05, 4.69) is 37.8 Å². The van der Waals surface area contributed by atoms with E-state index in [0.717, 1.165) is 29.9 Å². The summed E-state index contributed by atoms with van der Waals surface area (Å²) in [6, 6.07) is 8.55. The Bertz CT molecular complexity index is 423. The molecule has 0 radical (unpaired) electrons. The number of piperidine rings is 1. The Kier molecular flexibility index (Phi) is 5.48. The molecule has 1 aliphatic rings. The molecule has 0 aliphatic carbocycles. The highest BCUT2D eigenvalue weighted by molar-refractivity contribution is 6.30. The van der Waals surface area contributed by atoms with E-state index < -0.39 is 0 Å². The predicted molar refractivity (Wildman–Crippen MR) is 87.0 cm³/mol. The van der Waals surface area contributed by atoms with Crippen LogP contribution in [0.15, 0.2) is 24.3 Å². The minimum atomic E-state index is 0.115. The van der Waals surface area contributed by atoms with Crippen molar-refractivity contribution in [2.45, 2.75) is 45.7 Å². The molecule has 1 saturated heterocycles. The smallest absolute Gasteiger partial charge is 0.0496 e. The molecular weight excluding hydrogens is 268 g/mol. The Labute approximate surface area is 128 Å². The molecular formula is C17H27ClN2. The fourth-order valence-corrected chi connectivity index (χ4v) is 3.60. The topological polar surface area (TPSA) is 29.3 Å². The summed E-state index contributed by atoms with van der Waals surface area (Å²) in [5.74, 6) is 1.65. The van der Waals surface area contributed by atoms with Gasteiger partial charge in [0.25, 0.3) is 0 Å². The summed E-state index contributed by atoms with van der Waals surface area (Å²) < 4.78 is 0. The Hall–Kier alpha value is -0.570. The number of nitrogens with two attached hydrogens (primary N) is 1.